The van der Waals surface area contributed by atoms with Gasteiger partial charge in [-0.2, -0.15) is 5.26 Å². The number of likely N-dealkylation sites (tertiary alicyclic amines) is 1. The summed E-state index contributed by atoms with van der Waals surface area (Å²) in [5.41, 5.74) is 2.41. The Kier molecular flexibility index (Phi) is 4.30. The first-order valence-corrected chi connectivity index (χ1v) is 10.5. The second-order valence-electron chi connectivity index (χ2n) is 8.82. The summed E-state index contributed by atoms with van der Waals surface area (Å²) in [7, 11) is 0. The average molecular weight is 391 g/mol. The quantitative estimate of drug-likeness (QED) is 0.839. The van der Waals surface area contributed by atoms with Gasteiger partial charge in [-0.05, 0) is 68.1 Å². The molecule has 3 aliphatic rings. The molecule has 2 saturated carbocycles. The Hall–Kier alpha value is -2.88. The van der Waals surface area contributed by atoms with Gasteiger partial charge in [0.15, 0.2) is 0 Å². The molecule has 1 spiro atoms. The number of benzene rings is 1. The van der Waals surface area contributed by atoms with Crippen LogP contribution in [0.2, 0.25) is 0 Å². The number of nitrogens with one attached hydrogen (secondary N) is 1. The summed E-state index contributed by atoms with van der Waals surface area (Å²) in [5.74, 6) is 1.25. The van der Waals surface area contributed by atoms with Crippen LogP contribution >= 0.6 is 0 Å². The number of amides is 1. The van der Waals surface area contributed by atoms with Gasteiger partial charge in [-0.25, -0.2) is 0 Å². The molecule has 2 aromatic rings. The Morgan fingerprint density at radius 3 is 2.59 bits per heavy atom. The fourth-order valence-corrected chi connectivity index (χ4v) is 4.48. The number of nitrogens with zero attached hydrogens (tertiary/aromatic N) is 4. The van der Waals surface area contributed by atoms with Crippen LogP contribution in [-0.4, -0.2) is 40.1 Å². The summed E-state index contributed by atoms with van der Waals surface area (Å²) in [5, 5.41) is 20.3. The maximum absolute atomic E-state index is 12.7. The topological polar surface area (TPSA) is 95.0 Å². The van der Waals surface area contributed by atoms with Crippen molar-refractivity contribution < 1.29 is 9.21 Å². The van der Waals surface area contributed by atoms with Crippen molar-refractivity contribution in [3.8, 4) is 6.07 Å². The summed E-state index contributed by atoms with van der Waals surface area (Å²) < 4.78 is 5.80. The molecule has 3 fully saturated rings. The van der Waals surface area contributed by atoms with Crippen molar-refractivity contribution in [2.24, 2.45) is 5.41 Å². The molecule has 1 amide bonds. The van der Waals surface area contributed by atoms with Gasteiger partial charge in [0.1, 0.15) is 6.04 Å². The van der Waals surface area contributed by atoms with E-state index in [0.29, 0.717) is 28.8 Å². The number of anilines is 1. The van der Waals surface area contributed by atoms with Crippen molar-refractivity contribution in [1.82, 2.24) is 15.1 Å². The van der Waals surface area contributed by atoms with E-state index in [1.54, 1.807) is 0 Å². The minimum atomic E-state index is -0.384. The number of carbonyl (C=O) groups is 1. The Morgan fingerprint density at radius 1 is 1.21 bits per heavy atom. The van der Waals surface area contributed by atoms with Crippen molar-refractivity contribution in [3.63, 3.8) is 0 Å². The molecule has 1 aromatic heterocycles. The minimum absolute atomic E-state index is 0.0992. The fourth-order valence-electron chi connectivity index (χ4n) is 4.48. The van der Waals surface area contributed by atoms with Crippen molar-refractivity contribution >= 4 is 11.9 Å². The number of carbonyl (C=O) groups excluding carboxylic acids is 1. The first kappa shape index (κ1) is 18.2. The monoisotopic (exact) mass is 391 g/mol. The third kappa shape index (κ3) is 3.59. The first-order valence-electron chi connectivity index (χ1n) is 10.5. The number of hydrogen-bond donors (Lipinski definition) is 1. The van der Waals surface area contributed by atoms with E-state index in [4.69, 9.17) is 9.68 Å². The molecular formula is C22H25N5O2. The van der Waals surface area contributed by atoms with Crippen molar-refractivity contribution in [2.75, 3.05) is 18.4 Å². The van der Waals surface area contributed by atoms with Crippen LogP contribution in [0.15, 0.2) is 28.7 Å². The van der Waals surface area contributed by atoms with Gasteiger partial charge >= 0.3 is 6.01 Å². The van der Waals surface area contributed by atoms with Gasteiger partial charge in [-0.3, -0.25) is 4.79 Å². The van der Waals surface area contributed by atoms with Gasteiger partial charge in [0.25, 0.3) is 0 Å². The molecular weight excluding hydrogens is 366 g/mol. The summed E-state index contributed by atoms with van der Waals surface area (Å²) in [4.78, 5) is 14.7. The normalized spacial score (nSPS) is 25.3. The van der Waals surface area contributed by atoms with Crippen LogP contribution in [-0.2, 0) is 4.79 Å². The predicted molar refractivity (Wildman–Crippen MR) is 106 cm³/mol. The molecule has 1 saturated heterocycles. The van der Waals surface area contributed by atoms with E-state index in [9.17, 15) is 4.79 Å². The molecule has 5 rings (SSSR count). The number of piperidine rings is 1. The van der Waals surface area contributed by atoms with Crippen molar-refractivity contribution in [2.45, 2.75) is 56.9 Å². The van der Waals surface area contributed by atoms with Gasteiger partial charge in [0.05, 0.1) is 11.6 Å². The van der Waals surface area contributed by atoms with Gasteiger partial charge in [0.2, 0.25) is 11.8 Å². The highest BCUT2D eigenvalue weighted by molar-refractivity contribution is 5.83. The molecule has 7 heteroatoms. The molecule has 3 atom stereocenters. The Labute approximate surface area is 170 Å². The highest BCUT2D eigenvalue weighted by atomic mass is 16.4. The SMILES string of the molecule is C[C@H](Nc1nnc(C2CC2c2ccc(C#N)cc2)o1)C(=O)N1CCC2(CC1)CC2. The molecule has 2 aliphatic carbocycles. The van der Waals surface area contributed by atoms with E-state index in [-0.39, 0.29) is 17.9 Å². The Bertz CT molecular complexity index is 946. The molecule has 2 unspecified atom stereocenters. The average Bonchev–Trinajstić information content (AvgIpc) is 3.67. The molecule has 150 valence electrons. The van der Waals surface area contributed by atoms with Crippen LogP contribution in [0.5, 0.6) is 0 Å². The third-order valence-electron chi connectivity index (χ3n) is 6.82. The van der Waals surface area contributed by atoms with Crippen LogP contribution in [0.3, 0.4) is 0 Å². The summed E-state index contributed by atoms with van der Waals surface area (Å²) in [6.07, 6.45) is 5.89. The lowest BCUT2D eigenvalue weighted by molar-refractivity contribution is -0.133. The van der Waals surface area contributed by atoms with Crippen LogP contribution in [0.1, 0.15) is 67.9 Å². The molecule has 7 nitrogen and oxygen atoms in total. The van der Waals surface area contributed by atoms with Gasteiger partial charge in [-0.15, -0.1) is 5.10 Å². The van der Waals surface area contributed by atoms with E-state index in [1.807, 2.05) is 36.1 Å². The van der Waals surface area contributed by atoms with E-state index >= 15 is 0 Å². The largest absolute Gasteiger partial charge is 0.408 e. The summed E-state index contributed by atoms with van der Waals surface area (Å²) in [6, 6.07) is 9.72. The molecule has 2 heterocycles. The lowest BCUT2D eigenvalue weighted by atomic mass is 9.93. The highest BCUT2D eigenvalue weighted by Crippen LogP contribution is 2.54. The molecule has 0 radical (unpaired) electrons. The third-order valence-corrected chi connectivity index (χ3v) is 6.82. The smallest absolute Gasteiger partial charge is 0.316 e. The second kappa shape index (κ2) is 6.87. The number of hydrogen-bond acceptors (Lipinski definition) is 6. The predicted octanol–water partition coefficient (Wildman–Crippen LogP) is 3.42. The second-order valence-corrected chi connectivity index (χ2v) is 8.82. The van der Waals surface area contributed by atoms with Crippen molar-refractivity contribution in [3.05, 3.63) is 41.3 Å². The number of aromatic nitrogens is 2. The Morgan fingerprint density at radius 2 is 1.93 bits per heavy atom. The van der Waals surface area contributed by atoms with Gasteiger partial charge in [0, 0.05) is 19.0 Å². The lowest BCUT2D eigenvalue weighted by Gasteiger charge is -2.33. The zero-order valence-corrected chi connectivity index (χ0v) is 16.6. The molecule has 1 aliphatic heterocycles. The fraction of sp³-hybridized carbons (Fsp3) is 0.545. The Balaban J connectivity index is 1.16. The van der Waals surface area contributed by atoms with Gasteiger partial charge < -0.3 is 14.6 Å². The molecule has 0 bridgehead atoms. The molecule has 29 heavy (non-hydrogen) atoms. The summed E-state index contributed by atoms with van der Waals surface area (Å²) in [6.45, 7) is 3.56. The standard InChI is InChI=1S/C22H25N5O2/c1-14(20(28)27-10-8-22(6-7-22)9-11-27)24-21-26-25-19(29-21)18-12-17(18)16-4-2-15(13-23)3-5-16/h2-5,14,17-18H,6-12H2,1H3,(H,24,26)/t14-,17?,18?/m0/s1. The number of rotatable bonds is 5. The zero-order chi connectivity index (χ0) is 20.0. The minimum Gasteiger partial charge on any atom is -0.408 e. The van der Waals surface area contributed by atoms with E-state index in [2.05, 4.69) is 21.6 Å². The highest BCUT2D eigenvalue weighted by Gasteiger charge is 2.46. The maximum Gasteiger partial charge on any atom is 0.316 e. The van der Waals surface area contributed by atoms with E-state index < -0.39 is 0 Å². The van der Waals surface area contributed by atoms with Gasteiger partial charge in [-0.1, -0.05) is 17.2 Å². The lowest BCUT2D eigenvalue weighted by Crippen LogP contribution is -2.45. The van der Waals surface area contributed by atoms with Crippen LogP contribution in [0.25, 0.3) is 0 Å². The van der Waals surface area contributed by atoms with Crippen molar-refractivity contribution in [1.29, 1.82) is 5.26 Å². The zero-order valence-electron chi connectivity index (χ0n) is 16.6. The van der Waals surface area contributed by atoms with Crippen LogP contribution < -0.4 is 5.32 Å². The van der Waals surface area contributed by atoms with Crippen LogP contribution in [0.4, 0.5) is 6.01 Å². The van der Waals surface area contributed by atoms with Crippen LogP contribution in [0, 0.1) is 16.7 Å². The number of nitriles is 1. The maximum atomic E-state index is 12.7. The van der Waals surface area contributed by atoms with E-state index in [1.165, 1.54) is 18.4 Å². The van der Waals surface area contributed by atoms with E-state index in [0.717, 1.165) is 32.4 Å². The first-order chi connectivity index (χ1) is 14.1. The summed E-state index contributed by atoms with van der Waals surface area (Å²) >= 11 is 0. The molecule has 1 N–H and O–H groups in total. The molecule has 1 aromatic carbocycles.